The summed E-state index contributed by atoms with van der Waals surface area (Å²) in [7, 11) is 0. The first kappa shape index (κ1) is 17.3. The van der Waals surface area contributed by atoms with Gasteiger partial charge in [0.2, 0.25) is 0 Å². The Kier molecular flexibility index (Phi) is 4.70. The molecule has 138 valence electrons. The summed E-state index contributed by atoms with van der Waals surface area (Å²) in [6, 6.07) is 1.34. The van der Waals surface area contributed by atoms with Crippen LogP contribution in [0.4, 0.5) is 0 Å². The Labute approximate surface area is 148 Å². The van der Waals surface area contributed by atoms with E-state index in [4.69, 9.17) is 4.74 Å². The van der Waals surface area contributed by atoms with Gasteiger partial charge in [-0.05, 0) is 72.3 Å². The average Bonchev–Trinajstić information content (AvgIpc) is 2.53. The second kappa shape index (κ2) is 6.53. The lowest BCUT2D eigenvalue weighted by Crippen LogP contribution is -2.69. The summed E-state index contributed by atoms with van der Waals surface area (Å²) >= 11 is 0. The number of nitrogens with one attached hydrogen (secondary N) is 1. The van der Waals surface area contributed by atoms with Crippen LogP contribution < -0.4 is 5.32 Å². The maximum atomic E-state index is 6.23. The van der Waals surface area contributed by atoms with Crippen molar-refractivity contribution in [3.05, 3.63) is 0 Å². The quantitative estimate of drug-likeness (QED) is 0.855. The number of rotatable bonds is 4. The molecule has 4 heterocycles. The molecule has 0 amide bonds. The van der Waals surface area contributed by atoms with E-state index >= 15 is 0 Å². The lowest BCUT2D eigenvalue weighted by Gasteiger charge is -2.60. The van der Waals surface area contributed by atoms with Gasteiger partial charge in [-0.25, -0.2) is 0 Å². The second-order valence-electron chi connectivity index (χ2n) is 9.24. The van der Waals surface area contributed by atoms with Gasteiger partial charge >= 0.3 is 0 Å². The summed E-state index contributed by atoms with van der Waals surface area (Å²) in [5, 5.41) is 3.64. The van der Waals surface area contributed by atoms with Gasteiger partial charge in [0.1, 0.15) is 0 Å². The average molecular weight is 336 g/mol. The molecule has 4 nitrogen and oxygen atoms in total. The molecule has 0 aromatic heterocycles. The van der Waals surface area contributed by atoms with Gasteiger partial charge in [0.05, 0.1) is 6.10 Å². The van der Waals surface area contributed by atoms with Crippen molar-refractivity contribution in [1.29, 1.82) is 0 Å². The van der Waals surface area contributed by atoms with Gasteiger partial charge in [-0.3, -0.25) is 9.80 Å². The first-order valence-electron chi connectivity index (χ1n) is 10.4. The number of hydrogen-bond acceptors (Lipinski definition) is 4. The third-order valence-electron chi connectivity index (χ3n) is 7.59. The normalized spacial score (nSPS) is 42.2. The van der Waals surface area contributed by atoms with E-state index in [2.05, 4.69) is 35.9 Å². The van der Waals surface area contributed by atoms with E-state index in [1.165, 1.54) is 71.1 Å². The zero-order valence-electron chi connectivity index (χ0n) is 16.0. The predicted octanol–water partition coefficient (Wildman–Crippen LogP) is 2.62. The second-order valence-corrected chi connectivity index (χ2v) is 9.24. The maximum Gasteiger partial charge on any atom is 0.0607 e. The van der Waals surface area contributed by atoms with E-state index in [1.807, 2.05) is 0 Å². The zero-order valence-corrected chi connectivity index (χ0v) is 16.0. The fourth-order valence-corrected chi connectivity index (χ4v) is 6.17. The van der Waals surface area contributed by atoms with E-state index < -0.39 is 0 Å². The molecule has 0 bridgehead atoms. The van der Waals surface area contributed by atoms with Crippen molar-refractivity contribution in [3.63, 3.8) is 0 Å². The number of piperidine rings is 1. The Morgan fingerprint density at radius 2 is 1.83 bits per heavy atom. The molecule has 0 aromatic rings. The fourth-order valence-electron chi connectivity index (χ4n) is 6.17. The van der Waals surface area contributed by atoms with Gasteiger partial charge in [0.15, 0.2) is 0 Å². The molecule has 4 heteroatoms. The zero-order chi connectivity index (χ0) is 16.8. The Bertz CT molecular complexity index is 448. The van der Waals surface area contributed by atoms with Crippen molar-refractivity contribution in [2.24, 2.45) is 0 Å². The molecule has 0 saturated carbocycles. The highest BCUT2D eigenvalue weighted by molar-refractivity contribution is 5.07. The summed E-state index contributed by atoms with van der Waals surface area (Å²) in [6.07, 6.45) is 9.69. The maximum absolute atomic E-state index is 6.23. The highest BCUT2D eigenvalue weighted by Gasteiger charge is 2.51. The van der Waals surface area contributed by atoms with Crippen molar-refractivity contribution in [2.75, 3.05) is 32.8 Å². The standard InChI is InChI=1S/C20H37N3O/c1-16(2)22-10-6-19(22)8-12-24-18(14-19)13-17(3)23-11-7-20(23)5-4-9-21-15-20/h16-18,21H,4-15H2,1-3H3. The molecule has 2 spiro atoms. The molecule has 4 fully saturated rings. The highest BCUT2D eigenvalue weighted by atomic mass is 16.5. The van der Waals surface area contributed by atoms with Crippen LogP contribution in [0.1, 0.15) is 65.7 Å². The fraction of sp³-hybridized carbons (Fsp3) is 1.00. The number of likely N-dealkylation sites (tertiary alicyclic amines) is 2. The minimum Gasteiger partial charge on any atom is -0.378 e. The van der Waals surface area contributed by atoms with Gasteiger partial charge in [0, 0.05) is 49.4 Å². The van der Waals surface area contributed by atoms with E-state index in [0.717, 1.165) is 6.61 Å². The van der Waals surface area contributed by atoms with Crippen LogP contribution in [-0.4, -0.2) is 71.9 Å². The Hall–Kier alpha value is -0.160. The van der Waals surface area contributed by atoms with Gasteiger partial charge in [-0.2, -0.15) is 0 Å². The molecule has 4 aliphatic heterocycles. The van der Waals surface area contributed by atoms with Crippen LogP contribution >= 0.6 is 0 Å². The first-order valence-corrected chi connectivity index (χ1v) is 10.4. The van der Waals surface area contributed by atoms with Crippen molar-refractivity contribution in [3.8, 4) is 0 Å². The molecule has 4 unspecified atom stereocenters. The van der Waals surface area contributed by atoms with Crippen LogP contribution in [-0.2, 0) is 4.74 Å². The third kappa shape index (κ3) is 2.84. The summed E-state index contributed by atoms with van der Waals surface area (Å²) < 4.78 is 6.23. The molecule has 0 aromatic carbocycles. The Morgan fingerprint density at radius 3 is 2.42 bits per heavy atom. The minimum atomic E-state index is 0.462. The lowest BCUT2D eigenvalue weighted by molar-refractivity contribution is -0.145. The summed E-state index contributed by atoms with van der Waals surface area (Å²) in [5.41, 5.74) is 0.945. The Balaban J connectivity index is 1.35. The van der Waals surface area contributed by atoms with E-state index in [1.54, 1.807) is 0 Å². The molecular weight excluding hydrogens is 298 g/mol. The van der Waals surface area contributed by atoms with E-state index in [0.29, 0.717) is 29.3 Å². The van der Waals surface area contributed by atoms with Crippen molar-refractivity contribution < 1.29 is 4.74 Å². The number of hydrogen-bond donors (Lipinski definition) is 1. The monoisotopic (exact) mass is 335 g/mol. The Morgan fingerprint density at radius 1 is 1.04 bits per heavy atom. The predicted molar refractivity (Wildman–Crippen MR) is 98.4 cm³/mol. The van der Waals surface area contributed by atoms with Crippen molar-refractivity contribution >= 4 is 0 Å². The molecule has 4 atom stereocenters. The molecule has 4 aliphatic rings. The molecule has 0 aliphatic carbocycles. The summed E-state index contributed by atoms with van der Waals surface area (Å²) in [5.74, 6) is 0. The molecule has 0 radical (unpaired) electrons. The molecule has 4 saturated heterocycles. The summed E-state index contributed by atoms with van der Waals surface area (Å²) in [4.78, 5) is 5.54. The highest BCUT2D eigenvalue weighted by Crippen LogP contribution is 2.44. The van der Waals surface area contributed by atoms with Crippen LogP contribution in [0.25, 0.3) is 0 Å². The molecular formula is C20H37N3O. The number of ether oxygens (including phenoxy) is 1. The first-order chi connectivity index (χ1) is 11.5. The van der Waals surface area contributed by atoms with Gasteiger partial charge in [-0.15, -0.1) is 0 Å². The van der Waals surface area contributed by atoms with Gasteiger partial charge in [-0.1, -0.05) is 0 Å². The van der Waals surface area contributed by atoms with Crippen LogP contribution in [0.15, 0.2) is 0 Å². The minimum absolute atomic E-state index is 0.462. The van der Waals surface area contributed by atoms with Crippen LogP contribution in [0.5, 0.6) is 0 Å². The van der Waals surface area contributed by atoms with Crippen LogP contribution in [0, 0.1) is 0 Å². The summed E-state index contributed by atoms with van der Waals surface area (Å²) in [6.45, 7) is 13.1. The SMILES string of the molecule is CC(C)N1CCC12CCOC(CC(C)N1CCC13CCCNC3)C2. The van der Waals surface area contributed by atoms with Gasteiger partial charge < -0.3 is 10.1 Å². The van der Waals surface area contributed by atoms with Crippen molar-refractivity contribution in [2.45, 2.75) is 95.0 Å². The van der Waals surface area contributed by atoms with E-state index in [9.17, 15) is 0 Å². The molecule has 4 rings (SSSR count). The molecule has 24 heavy (non-hydrogen) atoms. The largest absolute Gasteiger partial charge is 0.378 e. The van der Waals surface area contributed by atoms with Crippen LogP contribution in [0.2, 0.25) is 0 Å². The van der Waals surface area contributed by atoms with Crippen LogP contribution in [0.3, 0.4) is 0 Å². The van der Waals surface area contributed by atoms with Gasteiger partial charge in [0.25, 0.3) is 0 Å². The smallest absolute Gasteiger partial charge is 0.0607 e. The lowest BCUT2D eigenvalue weighted by atomic mass is 9.73. The topological polar surface area (TPSA) is 27.7 Å². The van der Waals surface area contributed by atoms with Crippen molar-refractivity contribution in [1.82, 2.24) is 15.1 Å². The number of nitrogens with zero attached hydrogens (tertiary/aromatic N) is 2. The van der Waals surface area contributed by atoms with E-state index in [-0.39, 0.29) is 0 Å². The third-order valence-corrected chi connectivity index (χ3v) is 7.59. The molecule has 1 N–H and O–H groups in total.